The van der Waals surface area contributed by atoms with Gasteiger partial charge in [-0.1, -0.05) is 90.1 Å². The van der Waals surface area contributed by atoms with E-state index in [0.717, 1.165) is 39.0 Å². The number of benzene rings is 5. The quantitative estimate of drug-likeness (QED) is 0.217. The van der Waals surface area contributed by atoms with Crippen LogP contribution in [0.1, 0.15) is 63.8 Å². The summed E-state index contributed by atoms with van der Waals surface area (Å²) in [5.41, 5.74) is 10.9. The van der Waals surface area contributed by atoms with Gasteiger partial charge in [0.05, 0.1) is 34.3 Å². The first-order chi connectivity index (χ1) is 20.5. The van der Waals surface area contributed by atoms with E-state index in [-0.39, 0.29) is 10.8 Å². The summed E-state index contributed by atoms with van der Waals surface area (Å²) in [6.07, 6.45) is 0. The second-order valence-corrected chi connectivity index (χ2v) is 13.4. The molecule has 3 nitrogen and oxygen atoms in total. The fraction of sp³-hybridized carbons (Fsp3) is 0.200. The molecule has 0 saturated carbocycles. The summed E-state index contributed by atoms with van der Waals surface area (Å²) in [5, 5.41) is 22.1. The molecule has 5 aromatic carbocycles. The molecule has 0 radical (unpaired) electrons. The Balaban J connectivity index is 1.68. The lowest BCUT2D eigenvalue weighted by Gasteiger charge is -2.19. The number of hydrogen-bond acceptors (Lipinski definition) is 2. The Bertz CT molecular complexity index is 2030. The third-order valence-electron chi connectivity index (χ3n) is 8.40. The highest BCUT2D eigenvalue weighted by Gasteiger charge is 2.22. The highest BCUT2D eigenvalue weighted by atomic mass is 15.0. The van der Waals surface area contributed by atoms with Gasteiger partial charge >= 0.3 is 0 Å². The fourth-order valence-electron chi connectivity index (χ4n) is 5.93. The van der Waals surface area contributed by atoms with Crippen LogP contribution < -0.4 is 0 Å². The molecule has 6 aromatic rings. The van der Waals surface area contributed by atoms with E-state index in [4.69, 9.17) is 0 Å². The smallest absolute Gasteiger partial charge is 0.0998 e. The molecule has 43 heavy (non-hydrogen) atoms. The van der Waals surface area contributed by atoms with Crippen LogP contribution in [0.5, 0.6) is 0 Å². The van der Waals surface area contributed by atoms with Crippen molar-refractivity contribution in [2.24, 2.45) is 0 Å². The summed E-state index contributed by atoms with van der Waals surface area (Å²) >= 11 is 0. The third-order valence-corrected chi connectivity index (χ3v) is 8.40. The Labute approximate surface area is 254 Å². The predicted molar refractivity (Wildman–Crippen MR) is 178 cm³/mol. The number of aromatic nitrogens is 1. The Morgan fingerprint density at radius 3 is 1.67 bits per heavy atom. The van der Waals surface area contributed by atoms with Crippen molar-refractivity contribution in [3.8, 4) is 40.1 Å². The van der Waals surface area contributed by atoms with Crippen LogP contribution in [0.4, 0.5) is 0 Å². The van der Waals surface area contributed by atoms with Crippen molar-refractivity contribution in [2.45, 2.75) is 52.4 Å². The number of nitriles is 2. The topological polar surface area (TPSA) is 52.5 Å². The maximum atomic E-state index is 9.97. The SMILES string of the molecule is CC(C)(C)c1ccc2c(c1)c1cc(C(C)(C)C)ccc1n2-c1ccc(-c2cc(C#N)ccc2C#N)c(-c2ccccc2)c1. The summed E-state index contributed by atoms with van der Waals surface area (Å²) in [6.45, 7) is 13.6. The van der Waals surface area contributed by atoms with E-state index in [2.05, 4.69) is 125 Å². The van der Waals surface area contributed by atoms with Crippen LogP contribution in [0.25, 0.3) is 49.7 Å². The first-order valence-corrected chi connectivity index (χ1v) is 14.7. The number of fused-ring (bicyclic) bond motifs is 3. The normalized spacial score (nSPS) is 11.9. The zero-order valence-corrected chi connectivity index (χ0v) is 25.7. The molecule has 0 aliphatic heterocycles. The van der Waals surface area contributed by atoms with Gasteiger partial charge in [0.2, 0.25) is 0 Å². The van der Waals surface area contributed by atoms with Crippen molar-refractivity contribution in [3.05, 3.63) is 125 Å². The van der Waals surface area contributed by atoms with Crippen LogP contribution in [0, 0.1) is 22.7 Å². The lowest BCUT2D eigenvalue weighted by Crippen LogP contribution is -2.10. The van der Waals surface area contributed by atoms with E-state index in [1.807, 2.05) is 24.3 Å². The molecule has 6 rings (SSSR count). The summed E-state index contributed by atoms with van der Waals surface area (Å²) in [6, 6.07) is 40.3. The standard InChI is InChI=1S/C40H35N3/c1-39(2,3)29-14-18-37-35(21-29)36-22-30(40(4,5)6)15-19-38(36)43(37)31-16-17-32(34(23-31)27-10-8-7-9-11-27)33-20-26(24-41)12-13-28(33)25-42/h7-23H,1-6H3. The molecule has 0 atom stereocenters. The van der Waals surface area contributed by atoms with Crippen molar-refractivity contribution in [1.82, 2.24) is 4.57 Å². The van der Waals surface area contributed by atoms with E-state index in [0.29, 0.717) is 11.1 Å². The lowest BCUT2D eigenvalue weighted by atomic mass is 9.85. The fourth-order valence-corrected chi connectivity index (χ4v) is 5.93. The highest BCUT2D eigenvalue weighted by Crippen LogP contribution is 2.40. The summed E-state index contributed by atoms with van der Waals surface area (Å²) in [4.78, 5) is 0. The number of hydrogen-bond donors (Lipinski definition) is 0. The monoisotopic (exact) mass is 557 g/mol. The van der Waals surface area contributed by atoms with Gasteiger partial charge in [0.1, 0.15) is 0 Å². The maximum Gasteiger partial charge on any atom is 0.0998 e. The van der Waals surface area contributed by atoms with E-state index in [9.17, 15) is 10.5 Å². The molecule has 3 heteroatoms. The largest absolute Gasteiger partial charge is 0.309 e. The zero-order valence-electron chi connectivity index (χ0n) is 25.7. The number of nitrogens with zero attached hydrogens (tertiary/aromatic N) is 3. The van der Waals surface area contributed by atoms with Gasteiger partial charge in [-0.2, -0.15) is 10.5 Å². The number of rotatable bonds is 3. The average molecular weight is 558 g/mol. The molecule has 0 bridgehead atoms. The molecular weight excluding hydrogens is 522 g/mol. The molecule has 0 aliphatic rings. The maximum absolute atomic E-state index is 9.97. The summed E-state index contributed by atoms with van der Waals surface area (Å²) in [5.74, 6) is 0. The first kappa shape index (κ1) is 28.0. The van der Waals surface area contributed by atoms with Crippen molar-refractivity contribution in [1.29, 1.82) is 10.5 Å². The van der Waals surface area contributed by atoms with Crippen LogP contribution in [0.2, 0.25) is 0 Å². The van der Waals surface area contributed by atoms with Gasteiger partial charge in [-0.3, -0.25) is 0 Å². The molecule has 1 aromatic heterocycles. The molecule has 210 valence electrons. The van der Waals surface area contributed by atoms with E-state index in [1.165, 1.54) is 21.9 Å². The van der Waals surface area contributed by atoms with E-state index >= 15 is 0 Å². The Morgan fingerprint density at radius 1 is 0.535 bits per heavy atom. The molecule has 0 N–H and O–H groups in total. The minimum absolute atomic E-state index is 0.0305. The first-order valence-electron chi connectivity index (χ1n) is 14.7. The lowest BCUT2D eigenvalue weighted by molar-refractivity contribution is 0.590. The van der Waals surface area contributed by atoms with Gasteiger partial charge in [-0.15, -0.1) is 0 Å². The van der Waals surface area contributed by atoms with Crippen molar-refractivity contribution < 1.29 is 0 Å². The van der Waals surface area contributed by atoms with Gasteiger partial charge < -0.3 is 4.57 Å². The van der Waals surface area contributed by atoms with E-state index in [1.54, 1.807) is 12.1 Å². The van der Waals surface area contributed by atoms with Gasteiger partial charge in [0, 0.05) is 22.0 Å². The molecular formula is C40H35N3. The molecule has 0 aliphatic carbocycles. The minimum atomic E-state index is 0.0305. The minimum Gasteiger partial charge on any atom is -0.309 e. The third kappa shape index (κ3) is 4.98. The van der Waals surface area contributed by atoms with Crippen LogP contribution in [0.3, 0.4) is 0 Å². The van der Waals surface area contributed by atoms with Gasteiger partial charge in [-0.25, -0.2) is 0 Å². The molecule has 0 saturated heterocycles. The Kier molecular flexibility index (Phi) is 6.71. The van der Waals surface area contributed by atoms with Crippen LogP contribution in [0.15, 0.2) is 103 Å². The van der Waals surface area contributed by atoms with Crippen molar-refractivity contribution in [3.63, 3.8) is 0 Å². The molecule has 0 unspecified atom stereocenters. The van der Waals surface area contributed by atoms with Gasteiger partial charge in [0.15, 0.2) is 0 Å². The van der Waals surface area contributed by atoms with E-state index < -0.39 is 0 Å². The highest BCUT2D eigenvalue weighted by molar-refractivity contribution is 6.10. The average Bonchev–Trinajstić information content (AvgIpc) is 3.33. The second-order valence-electron chi connectivity index (χ2n) is 13.4. The van der Waals surface area contributed by atoms with Crippen LogP contribution in [-0.4, -0.2) is 4.57 Å². The van der Waals surface area contributed by atoms with Crippen molar-refractivity contribution >= 4 is 21.8 Å². The Hall–Kier alpha value is -5.12. The second kappa shape index (κ2) is 10.3. The zero-order chi connectivity index (χ0) is 30.5. The van der Waals surface area contributed by atoms with Gasteiger partial charge in [-0.05, 0) is 93.2 Å². The predicted octanol–water partition coefficient (Wildman–Crippen LogP) is 10.5. The summed E-state index contributed by atoms with van der Waals surface area (Å²) in [7, 11) is 0. The molecule has 0 amide bonds. The van der Waals surface area contributed by atoms with Crippen LogP contribution in [-0.2, 0) is 10.8 Å². The molecule has 0 fully saturated rings. The molecule has 1 heterocycles. The molecule has 0 spiro atoms. The Morgan fingerprint density at radius 2 is 1.14 bits per heavy atom. The van der Waals surface area contributed by atoms with Crippen molar-refractivity contribution in [2.75, 3.05) is 0 Å². The summed E-state index contributed by atoms with van der Waals surface area (Å²) < 4.78 is 2.36. The van der Waals surface area contributed by atoms with Gasteiger partial charge in [0.25, 0.3) is 0 Å². The van der Waals surface area contributed by atoms with Crippen LogP contribution >= 0.6 is 0 Å².